The maximum Gasteiger partial charge on any atom is 0.350 e. The smallest absolute Gasteiger partial charge is 0.350 e. The monoisotopic (exact) mass is 485 g/mol. The standard InChI is InChI=1S/C24H31N5O4S/c1-5-16-28(17-6-2)21-14-12-20(13-15-21)27(4)34(32,33)18-22-25-23(19-10-8-7-9-11-19)24(26(22)3)29(30)31/h7-15H,5-6,16-18H2,1-4H3. The molecule has 9 nitrogen and oxygen atoms in total. The molecular formula is C24H31N5O4S. The van der Waals surface area contributed by atoms with Crippen LogP contribution in [0.4, 0.5) is 17.2 Å². The van der Waals surface area contributed by atoms with Gasteiger partial charge in [0.25, 0.3) is 0 Å². The number of rotatable bonds is 11. The van der Waals surface area contributed by atoms with Crippen molar-refractivity contribution in [3.63, 3.8) is 0 Å². The second-order valence-corrected chi connectivity index (χ2v) is 10.1. The summed E-state index contributed by atoms with van der Waals surface area (Å²) in [6.07, 6.45) is 2.05. The fourth-order valence-electron chi connectivity index (χ4n) is 3.87. The third kappa shape index (κ3) is 5.39. The van der Waals surface area contributed by atoms with Gasteiger partial charge in [-0.25, -0.2) is 18.0 Å². The maximum atomic E-state index is 13.2. The van der Waals surface area contributed by atoms with Gasteiger partial charge in [-0.1, -0.05) is 44.2 Å². The van der Waals surface area contributed by atoms with Gasteiger partial charge in [-0.05, 0) is 42.0 Å². The van der Waals surface area contributed by atoms with E-state index in [2.05, 4.69) is 23.7 Å². The van der Waals surface area contributed by atoms with Crippen LogP contribution in [0.5, 0.6) is 0 Å². The highest BCUT2D eigenvalue weighted by molar-refractivity contribution is 7.92. The number of aromatic nitrogens is 2. The summed E-state index contributed by atoms with van der Waals surface area (Å²) in [5.41, 5.74) is 2.27. The topological polar surface area (TPSA) is 102 Å². The van der Waals surface area contributed by atoms with Crippen LogP contribution in [0, 0.1) is 10.1 Å². The van der Waals surface area contributed by atoms with E-state index in [1.54, 1.807) is 42.5 Å². The number of benzene rings is 2. The van der Waals surface area contributed by atoms with Gasteiger partial charge < -0.3 is 15.0 Å². The predicted octanol–water partition coefficient (Wildman–Crippen LogP) is 4.59. The maximum absolute atomic E-state index is 13.2. The Balaban J connectivity index is 1.88. The molecule has 0 bridgehead atoms. The van der Waals surface area contributed by atoms with Crippen molar-refractivity contribution in [1.29, 1.82) is 0 Å². The molecule has 0 saturated carbocycles. The average molecular weight is 486 g/mol. The zero-order valence-corrected chi connectivity index (χ0v) is 20.8. The molecule has 34 heavy (non-hydrogen) atoms. The first-order valence-corrected chi connectivity index (χ1v) is 12.9. The molecule has 0 N–H and O–H groups in total. The summed E-state index contributed by atoms with van der Waals surface area (Å²) >= 11 is 0. The fraction of sp³-hybridized carbons (Fsp3) is 0.375. The summed E-state index contributed by atoms with van der Waals surface area (Å²) in [5.74, 6) is -0.603. The Labute approximate surface area is 200 Å². The number of nitrogens with zero attached hydrogens (tertiary/aromatic N) is 5. The predicted molar refractivity (Wildman–Crippen MR) is 136 cm³/mol. The lowest BCUT2D eigenvalue weighted by molar-refractivity contribution is -0.391. The first kappa shape index (κ1) is 25.2. The molecule has 0 unspecified atom stereocenters. The SMILES string of the molecule is CCCN(CCC)c1ccc(N(C)S(=O)(=O)Cc2nc(-c3ccccc3)c([N+](=O)[O-])n2C)cc1. The summed E-state index contributed by atoms with van der Waals surface area (Å²) in [6.45, 7) is 6.12. The lowest BCUT2D eigenvalue weighted by Crippen LogP contribution is -2.29. The van der Waals surface area contributed by atoms with Crippen LogP contribution in [0.1, 0.15) is 32.5 Å². The van der Waals surface area contributed by atoms with E-state index in [4.69, 9.17) is 0 Å². The number of hydrogen-bond acceptors (Lipinski definition) is 6. The number of sulfonamides is 1. The van der Waals surface area contributed by atoms with Gasteiger partial charge in [-0.2, -0.15) is 0 Å². The van der Waals surface area contributed by atoms with Crippen LogP contribution in [0.2, 0.25) is 0 Å². The lowest BCUT2D eigenvalue weighted by Gasteiger charge is -2.25. The highest BCUT2D eigenvalue weighted by Crippen LogP contribution is 2.31. The van der Waals surface area contributed by atoms with Gasteiger partial charge in [0.1, 0.15) is 5.75 Å². The van der Waals surface area contributed by atoms with E-state index in [-0.39, 0.29) is 17.3 Å². The van der Waals surface area contributed by atoms with Gasteiger partial charge in [0.05, 0.1) is 12.7 Å². The molecule has 3 aromatic rings. The minimum atomic E-state index is -3.84. The Kier molecular flexibility index (Phi) is 7.93. The second kappa shape index (κ2) is 10.7. The van der Waals surface area contributed by atoms with Gasteiger partial charge in [0.2, 0.25) is 15.8 Å². The molecular weight excluding hydrogens is 454 g/mol. The molecule has 0 saturated heterocycles. The van der Waals surface area contributed by atoms with Crippen LogP contribution in [-0.2, 0) is 22.8 Å². The quantitative estimate of drug-likeness (QED) is 0.291. The third-order valence-corrected chi connectivity index (χ3v) is 7.34. The second-order valence-electron chi connectivity index (χ2n) is 8.11. The molecule has 1 aromatic heterocycles. The summed E-state index contributed by atoms with van der Waals surface area (Å²) in [6, 6.07) is 16.1. The highest BCUT2D eigenvalue weighted by Gasteiger charge is 2.30. The molecule has 10 heteroatoms. The average Bonchev–Trinajstić information content (AvgIpc) is 3.14. The number of anilines is 2. The van der Waals surface area contributed by atoms with Gasteiger partial charge in [0.15, 0.2) is 5.69 Å². The van der Waals surface area contributed by atoms with Crippen molar-refractivity contribution in [3.8, 4) is 11.3 Å². The fourth-order valence-corrected chi connectivity index (χ4v) is 5.09. The van der Waals surface area contributed by atoms with Crippen LogP contribution in [0.3, 0.4) is 0 Å². The molecule has 0 aliphatic carbocycles. The van der Waals surface area contributed by atoms with Gasteiger partial charge in [-0.3, -0.25) is 4.31 Å². The molecule has 182 valence electrons. The normalized spacial score (nSPS) is 11.4. The van der Waals surface area contributed by atoms with Crippen LogP contribution in [0.15, 0.2) is 54.6 Å². The van der Waals surface area contributed by atoms with Crippen molar-refractivity contribution in [2.45, 2.75) is 32.4 Å². The van der Waals surface area contributed by atoms with Crippen LogP contribution in [0.25, 0.3) is 11.3 Å². The van der Waals surface area contributed by atoms with Crippen molar-refractivity contribution in [3.05, 3.63) is 70.5 Å². The number of nitro groups is 1. The Bertz CT molecular complexity index is 1220. The molecule has 0 amide bonds. The van der Waals surface area contributed by atoms with E-state index in [0.717, 1.165) is 31.6 Å². The minimum absolute atomic E-state index is 0.103. The van der Waals surface area contributed by atoms with Crippen molar-refractivity contribution in [1.82, 2.24) is 9.55 Å². The molecule has 3 rings (SSSR count). The van der Waals surface area contributed by atoms with E-state index < -0.39 is 20.7 Å². The van der Waals surface area contributed by atoms with Gasteiger partial charge in [0, 0.05) is 31.4 Å². The summed E-state index contributed by atoms with van der Waals surface area (Å²) in [5, 5.41) is 11.7. The number of hydrogen-bond donors (Lipinski definition) is 0. The molecule has 0 spiro atoms. The van der Waals surface area contributed by atoms with E-state index in [1.165, 1.54) is 23.0 Å². The van der Waals surface area contributed by atoms with E-state index in [1.807, 2.05) is 12.1 Å². The first-order chi connectivity index (χ1) is 16.2. The van der Waals surface area contributed by atoms with E-state index in [9.17, 15) is 18.5 Å². The molecule has 0 atom stereocenters. The summed E-state index contributed by atoms with van der Waals surface area (Å²) < 4.78 is 28.8. The van der Waals surface area contributed by atoms with E-state index in [0.29, 0.717) is 11.3 Å². The Morgan fingerprint density at radius 1 is 0.971 bits per heavy atom. The Hall–Kier alpha value is -3.40. The third-order valence-electron chi connectivity index (χ3n) is 5.67. The minimum Gasteiger partial charge on any atom is -0.372 e. The number of imidazole rings is 1. The molecule has 0 fully saturated rings. The van der Waals surface area contributed by atoms with E-state index >= 15 is 0 Å². The van der Waals surface area contributed by atoms with Crippen molar-refractivity contribution in [2.75, 3.05) is 29.3 Å². The molecule has 0 aliphatic rings. The largest absolute Gasteiger partial charge is 0.372 e. The van der Waals surface area contributed by atoms with Crippen molar-refractivity contribution in [2.24, 2.45) is 7.05 Å². The van der Waals surface area contributed by atoms with Gasteiger partial charge >= 0.3 is 5.82 Å². The van der Waals surface area contributed by atoms with Crippen molar-refractivity contribution < 1.29 is 13.3 Å². The Morgan fingerprint density at radius 3 is 2.06 bits per heavy atom. The molecule has 0 radical (unpaired) electrons. The summed E-state index contributed by atoms with van der Waals surface area (Å²) in [7, 11) is -0.893. The van der Waals surface area contributed by atoms with Crippen molar-refractivity contribution >= 4 is 27.2 Å². The molecule has 0 aliphatic heterocycles. The van der Waals surface area contributed by atoms with Crippen LogP contribution in [-0.4, -0.2) is 43.0 Å². The zero-order valence-electron chi connectivity index (χ0n) is 20.0. The zero-order chi connectivity index (χ0) is 24.9. The first-order valence-electron chi connectivity index (χ1n) is 11.3. The Morgan fingerprint density at radius 2 is 1.53 bits per heavy atom. The summed E-state index contributed by atoms with van der Waals surface area (Å²) in [4.78, 5) is 17.8. The molecule has 1 heterocycles. The van der Waals surface area contributed by atoms with Gasteiger partial charge in [-0.15, -0.1) is 0 Å². The van der Waals surface area contributed by atoms with Crippen LogP contribution >= 0.6 is 0 Å². The van der Waals surface area contributed by atoms with Crippen LogP contribution < -0.4 is 9.21 Å². The lowest BCUT2D eigenvalue weighted by atomic mass is 10.1. The highest BCUT2D eigenvalue weighted by atomic mass is 32.2. The molecule has 2 aromatic carbocycles.